The molecule has 0 aromatic carbocycles. The molecule has 88 valence electrons. The number of pyridine rings is 1. The Kier molecular flexibility index (Phi) is 4.28. The topological polar surface area (TPSA) is 62.2 Å². The lowest BCUT2D eigenvalue weighted by molar-refractivity contribution is 0.0697. The van der Waals surface area contributed by atoms with Crippen LogP contribution in [0.15, 0.2) is 18.5 Å². The molecule has 1 atom stereocenters. The van der Waals surface area contributed by atoms with Gasteiger partial charge in [-0.25, -0.2) is 4.79 Å². The molecule has 1 heterocycles. The molecule has 0 aliphatic carbocycles. The molecule has 0 amide bonds. The summed E-state index contributed by atoms with van der Waals surface area (Å²) in [5.74, 6) is 0.116. The number of carbonyl (C=O) groups is 1. The van der Waals surface area contributed by atoms with E-state index in [9.17, 15) is 4.79 Å². The average molecular weight is 222 g/mol. The molecule has 1 rings (SSSR count). The van der Waals surface area contributed by atoms with Gasteiger partial charge in [0.2, 0.25) is 0 Å². The zero-order valence-corrected chi connectivity index (χ0v) is 9.90. The Labute approximate surface area is 95.7 Å². The van der Waals surface area contributed by atoms with Crippen LogP contribution >= 0.6 is 0 Å². The Morgan fingerprint density at radius 1 is 1.50 bits per heavy atom. The normalized spacial score (nSPS) is 12.5. The van der Waals surface area contributed by atoms with Crippen LogP contribution in [0.25, 0.3) is 0 Å². The van der Waals surface area contributed by atoms with Gasteiger partial charge in [0.05, 0.1) is 5.69 Å². The summed E-state index contributed by atoms with van der Waals surface area (Å²) >= 11 is 0. The summed E-state index contributed by atoms with van der Waals surface area (Å²) in [6.45, 7) is 7.20. The number of carboxylic acid groups (broad SMARTS) is 1. The van der Waals surface area contributed by atoms with Crippen molar-refractivity contribution in [2.45, 2.75) is 20.8 Å². The minimum atomic E-state index is -0.951. The first-order valence-electron chi connectivity index (χ1n) is 5.43. The van der Waals surface area contributed by atoms with E-state index in [1.165, 1.54) is 6.20 Å². The van der Waals surface area contributed by atoms with Crippen LogP contribution in [0.1, 0.15) is 31.1 Å². The highest BCUT2D eigenvalue weighted by Gasteiger charge is 2.11. The quantitative estimate of drug-likeness (QED) is 0.803. The summed E-state index contributed by atoms with van der Waals surface area (Å²) < 4.78 is 0. The van der Waals surface area contributed by atoms with E-state index in [0.717, 1.165) is 6.54 Å². The van der Waals surface area contributed by atoms with Gasteiger partial charge < -0.3 is 10.4 Å². The molecule has 0 saturated carbocycles. The van der Waals surface area contributed by atoms with Gasteiger partial charge in [-0.05, 0) is 17.9 Å². The molecule has 16 heavy (non-hydrogen) atoms. The number of nitrogens with one attached hydrogen (secondary N) is 1. The van der Waals surface area contributed by atoms with Gasteiger partial charge in [0.1, 0.15) is 5.56 Å². The Hall–Kier alpha value is -1.58. The number of hydrogen-bond donors (Lipinski definition) is 2. The number of rotatable bonds is 5. The van der Waals surface area contributed by atoms with E-state index in [2.05, 4.69) is 31.1 Å². The van der Waals surface area contributed by atoms with Crippen LogP contribution in [0.5, 0.6) is 0 Å². The SMILES string of the molecule is CC(C)C(C)CNc1ccncc1C(=O)O. The summed E-state index contributed by atoms with van der Waals surface area (Å²) in [6, 6.07) is 1.69. The Morgan fingerprint density at radius 2 is 2.19 bits per heavy atom. The van der Waals surface area contributed by atoms with E-state index in [1.54, 1.807) is 12.3 Å². The first-order valence-corrected chi connectivity index (χ1v) is 5.43. The number of aromatic nitrogens is 1. The maximum atomic E-state index is 10.9. The first kappa shape index (κ1) is 12.5. The molecule has 0 fully saturated rings. The summed E-state index contributed by atoms with van der Waals surface area (Å²) in [7, 11) is 0. The Bertz CT molecular complexity index is 364. The number of anilines is 1. The van der Waals surface area contributed by atoms with Gasteiger partial charge in [0.15, 0.2) is 0 Å². The van der Waals surface area contributed by atoms with Crippen molar-refractivity contribution < 1.29 is 9.90 Å². The lowest BCUT2D eigenvalue weighted by Crippen LogP contribution is -2.17. The van der Waals surface area contributed by atoms with Crippen LogP contribution in [0, 0.1) is 11.8 Å². The molecule has 2 N–H and O–H groups in total. The van der Waals surface area contributed by atoms with Crippen LogP contribution < -0.4 is 5.32 Å². The van der Waals surface area contributed by atoms with E-state index in [-0.39, 0.29) is 5.56 Å². The lowest BCUT2D eigenvalue weighted by Gasteiger charge is -2.17. The summed E-state index contributed by atoms with van der Waals surface area (Å²) in [5, 5.41) is 12.1. The van der Waals surface area contributed by atoms with Crippen molar-refractivity contribution in [3.8, 4) is 0 Å². The molecule has 4 heteroatoms. The fraction of sp³-hybridized carbons (Fsp3) is 0.500. The largest absolute Gasteiger partial charge is 0.478 e. The second kappa shape index (κ2) is 5.49. The number of aromatic carboxylic acids is 1. The van der Waals surface area contributed by atoms with Gasteiger partial charge in [0, 0.05) is 18.9 Å². The minimum absolute atomic E-state index is 0.221. The third kappa shape index (κ3) is 3.22. The van der Waals surface area contributed by atoms with Crippen LogP contribution in [0.2, 0.25) is 0 Å². The molecule has 0 aliphatic heterocycles. The lowest BCUT2D eigenvalue weighted by atomic mass is 9.98. The molecular formula is C12H18N2O2. The van der Waals surface area contributed by atoms with Crippen molar-refractivity contribution in [1.82, 2.24) is 4.98 Å². The summed E-state index contributed by atoms with van der Waals surface area (Å²) in [5.41, 5.74) is 0.855. The molecular weight excluding hydrogens is 204 g/mol. The zero-order valence-electron chi connectivity index (χ0n) is 9.90. The predicted molar refractivity (Wildman–Crippen MR) is 63.7 cm³/mol. The van der Waals surface area contributed by atoms with Gasteiger partial charge in [-0.2, -0.15) is 0 Å². The monoisotopic (exact) mass is 222 g/mol. The molecule has 4 nitrogen and oxygen atoms in total. The second-order valence-corrected chi connectivity index (χ2v) is 4.33. The minimum Gasteiger partial charge on any atom is -0.478 e. The molecule has 1 aromatic heterocycles. The van der Waals surface area contributed by atoms with Gasteiger partial charge >= 0.3 is 5.97 Å². The van der Waals surface area contributed by atoms with Gasteiger partial charge in [-0.3, -0.25) is 4.98 Å². The maximum absolute atomic E-state index is 10.9. The molecule has 0 bridgehead atoms. The number of nitrogens with zero attached hydrogens (tertiary/aromatic N) is 1. The number of carboxylic acids is 1. The second-order valence-electron chi connectivity index (χ2n) is 4.33. The van der Waals surface area contributed by atoms with Crippen molar-refractivity contribution in [3.63, 3.8) is 0 Å². The van der Waals surface area contributed by atoms with Crippen LogP contribution in [-0.4, -0.2) is 22.6 Å². The number of hydrogen-bond acceptors (Lipinski definition) is 3. The van der Waals surface area contributed by atoms with Crippen LogP contribution in [0.4, 0.5) is 5.69 Å². The Balaban J connectivity index is 2.70. The summed E-state index contributed by atoms with van der Waals surface area (Å²) in [6.07, 6.45) is 2.96. The molecule has 1 unspecified atom stereocenters. The molecule has 0 aliphatic rings. The van der Waals surface area contributed by atoms with Crippen LogP contribution in [-0.2, 0) is 0 Å². The van der Waals surface area contributed by atoms with E-state index in [1.807, 2.05) is 0 Å². The molecule has 0 spiro atoms. The molecule has 0 radical (unpaired) electrons. The highest BCUT2D eigenvalue weighted by atomic mass is 16.4. The van der Waals surface area contributed by atoms with Gasteiger partial charge in [0.25, 0.3) is 0 Å². The predicted octanol–water partition coefficient (Wildman–Crippen LogP) is 2.48. The van der Waals surface area contributed by atoms with Crippen molar-refractivity contribution >= 4 is 11.7 Å². The average Bonchev–Trinajstić information content (AvgIpc) is 2.25. The first-order chi connectivity index (χ1) is 7.52. The van der Waals surface area contributed by atoms with Crippen molar-refractivity contribution in [2.24, 2.45) is 11.8 Å². The van der Waals surface area contributed by atoms with Crippen molar-refractivity contribution in [3.05, 3.63) is 24.0 Å². The van der Waals surface area contributed by atoms with Crippen molar-refractivity contribution in [1.29, 1.82) is 0 Å². The van der Waals surface area contributed by atoms with Gasteiger partial charge in [-0.15, -0.1) is 0 Å². The van der Waals surface area contributed by atoms with E-state index >= 15 is 0 Å². The fourth-order valence-corrected chi connectivity index (χ4v) is 1.23. The van der Waals surface area contributed by atoms with E-state index < -0.39 is 5.97 Å². The zero-order chi connectivity index (χ0) is 12.1. The maximum Gasteiger partial charge on any atom is 0.339 e. The third-order valence-corrected chi connectivity index (χ3v) is 2.80. The van der Waals surface area contributed by atoms with E-state index in [0.29, 0.717) is 17.5 Å². The fourth-order valence-electron chi connectivity index (χ4n) is 1.23. The molecule has 0 saturated heterocycles. The third-order valence-electron chi connectivity index (χ3n) is 2.80. The van der Waals surface area contributed by atoms with Crippen LogP contribution in [0.3, 0.4) is 0 Å². The summed E-state index contributed by atoms with van der Waals surface area (Å²) in [4.78, 5) is 14.7. The Morgan fingerprint density at radius 3 is 2.75 bits per heavy atom. The van der Waals surface area contributed by atoms with E-state index in [4.69, 9.17) is 5.11 Å². The molecule has 1 aromatic rings. The van der Waals surface area contributed by atoms with Crippen molar-refractivity contribution in [2.75, 3.05) is 11.9 Å². The smallest absolute Gasteiger partial charge is 0.339 e. The standard InChI is InChI=1S/C12H18N2O2/c1-8(2)9(3)6-14-11-4-5-13-7-10(11)12(15)16/h4-5,7-9H,6H2,1-3H3,(H,13,14)(H,15,16). The van der Waals surface area contributed by atoms with Gasteiger partial charge in [-0.1, -0.05) is 20.8 Å². The highest BCUT2D eigenvalue weighted by Crippen LogP contribution is 2.16. The highest BCUT2D eigenvalue weighted by molar-refractivity contribution is 5.93.